The summed E-state index contributed by atoms with van der Waals surface area (Å²) >= 11 is 0. The second-order valence-electron chi connectivity index (χ2n) is 19.3. The number of hydrogen-bond acceptors (Lipinski definition) is 5. The van der Waals surface area contributed by atoms with E-state index in [0.29, 0.717) is 25.9 Å². The number of ether oxygens (including phenoxy) is 1. The van der Waals surface area contributed by atoms with Gasteiger partial charge in [-0.15, -0.1) is 0 Å². The van der Waals surface area contributed by atoms with Gasteiger partial charge in [0, 0.05) is 12.8 Å². The molecular weight excluding hydrogens is 779 g/mol. The van der Waals surface area contributed by atoms with Crippen molar-refractivity contribution < 1.29 is 24.5 Å². The minimum Gasteiger partial charge on any atom is -0.466 e. The van der Waals surface area contributed by atoms with Gasteiger partial charge in [-0.1, -0.05) is 263 Å². The summed E-state index contributed by atoms with van der Waals surface area (Å²) < 4.78 is 5.46. The number of allylic oxidation sites excluding steroid dienone is 4. The van der Waals surface area contributed by atoms with Gasteiger partial charge >= 0.3 is 5.97 Å². The molecule has 0 aromatic carbocycles. The molecule has 0 aliphatic carbocycles. The maximum absolute atomic E-state index is 12.5. The van der Waals surface area contributed by atoms with E-state index in [0.717, 1.165) is 57.8 Å². The zero-order valence-corrected chi connectivity index (χ0v) is 42.3. The normalized spacial score (nSPS) is 12.8. The van der Waals surface area contributed by atoms with Crippen LogP contribution in [0.25, 0.3) is 0 Å². The molecule has 2 unspecified atom stereocenters. The van der Waals surface area contributed by atoms with Crippen LogP contribution < -0.4 is 5.32 Å². The van der Waals surface area contributed by atoms with Gasteiger partial charge < -0.3 is 20.3 Å². The number of rotatable bonds is 52. The van der Waals surface area contributed by atoms with Gasteiger partial charge in [0.1, 0.15) is 0 Å². The smallest absolute Gasteiger partial charge is 0.305 e. The SMILES string of the molecule is CCC/C=C\C/C=C\CCCCCCCC(=O)OCCCCCCCCCCCCCCCCCCC(=O)NC(CO)C(O)CCCCCCCCCCCCCCCCCCC. The molecule has 0 heterocycles. The Labute approximate surface area is 392 Å². The van der Waals surface area contributed by atoms with Crippen molar-refractivity contribution in [3.8, 4) is 0 Å². The van der Waals surface area contributed by atoms with Crippen molar-refractivity contribution in [2.24, 2.45) is 0 Å². The van der Waals surface area contributed by atoms with Crippen molar-refractivity contribution in [1.29, 1.82) is 0 Å². The van der Waals surface area contributed by atoms with Crippen LogP contribution in [-0.2, 0) is 14.3 Å². The van der Waals surface area contributed by atoms with E-state index in [2.05, 4.69) is 43.5 Å². The number of carbonyl (C=O) groups excluding carboxylic acids is 2. The minimum absolute atomic E-state index is 0.0119. The Hall–Kier alpha value is -1.66. The molecule has 2 atom stereocenters. The summed E-state index contributed by atoms with van der Waals surface area (Å²) in [5, 5.41) is 23.3. The van der Waals surface area contributed by atoms with Gasteiger partial charge in [-0.05, 0) is 51.4 Å². The Morgan fingerprint density at radius 2 is 0.825 bits per heavy atom. The highest BCUT2D eigenvalue weighted by Crippen LogP contribution is 2.17. The number of carbonyl (C=O) groups is 2. The lowest BCUT2D eigenvalue weighted by Gasteiger charge is -2.22. The highest BCUT2D eigenvalue weighted by molar-refractivity contribution is 5.76. The Morgan fingerprint density at radius 3 is 1.27 bits per heavy atom. The molecule has 0 saturated carbocycles. The zero-order chi connectivity index (χ0) is 45.8. The highest BCUT2D eigenvalue weighted by Gasteiger charge is 2.20. The van der Waals surface area contributed by atoms with Crippen LogP contribution in [0.4, 0.5) is 0 Å². The number of amides is 1. The summed E-state index contributed by atoms with van der Waals surface area (Å²) in [6.07, 6.45) is 63.0. The molecule has 0 aliphatic heterocycles. The Morgan fingerprint density at radius 1 is 0.444 bits per heavy atom. The second kappa shape index (κ2) is 53.0. The van der Waals surface area contributed by atoms with E-state index < -0.39 is 12.1 Å². The van der Waals surface area contributed by atoms with Crippen LogP contribution in [0.15, 0.2) is 24.3 Å². The monoisotopic (exact) mass is 888 g/mol. The van der Waals surface area contributed by atoms with E-state index in [1.165, 1.54) is 212 Å². The summed E-state index contributed by atoms with van der Waals surface area (Å²) in [6.45, 7) is 4.88. The van der Waals surface area contributed by atoms with E-state index in [1.807, 2.05) is 0 Å². The van der Waals surface area contributed by atoms with Gasteiger partial charge in [-0.3, -0.25) is 9.59 Å². The lowest BCUT2D eigenvalue weighted by atomic mass is 10.0. The maximum atomic E-state index is 12.5. The van der Waals surface area contributed by atoms with Crippen LogP contribution in [0, 0.1) is 0 Å². The van der Waals surface area contributed by atoms with Crippen LogP contribution in [0.5, 0.6) is 0 Å². The number of esters is 1. The summed E-state index contributed by atoms with van der Waals surface area (Å²) in [7, 11) is 0. The first-order valence-electron chi connectivity index (χ1n) is 28.1. The summed E-state index contributed by atoms with van der Waals surface area (Å²) in [4.78, 5) is 24.5. The summed E-state index contributed by atoms with van der Waals surface area (Å²) in [6, 6.07) is -0.547. The van der Waals surface area contributed by atoms with Gasteiger partial charge in [-0.25, -0.2) is 0 Å². The molecular formula is C57H109NO5. The number of hydrogen-bond donors (Lipinski definition) is 3. The number of nitrogens with one attached hydrogen (secondary N) is 1. The third kappa shape index (κ3) is 49.6. The van der Waals surface area contributed by atoms with Crippen molar-refractivity contribution in [1.82, 2.24) is 5.32 Å². The molecule has 63 heavy (non-hydrogen) atoms. The van der Waals surface area contributed by atoms with E-state index in [1.54, 1.807) is 0 Å². The predicted molar refractivity (Wildman–Crippen MR) is 273 cm³/mol. The fourth-order valence-corrected chi connectivity index (χ4v) is 8.68. The molecule has 0 aromatic rings. The first kappa shape index (κ1) is 61.3. The quantitative estimate of drug-likeness (QED) is 0.0321. The molecule has 0 saturated heterocycles. The fraction of sp³-hybridized carbons (Fsp3) is 0.895. The average molecular weight is 889 g/mol. The zero-order valence-electron chi connectivity index (χ0n) is 42.3. The first-order valence-corrected chi connectivity index (χ1v) is 28.1. The van der Waals surface area contributed by atoms with Crippen LogP contribution >= 0.6 is 0 Å². The fourth-order valence-electron chi connectivity index (χ4n) is 8.68. The molecule has 0 bridgehead atoms. The summed E-state index contributed by atoms with van der Waals surface area (Å²) in [5.41, 5.74) is 0. The Kier molecular flexibility index (Phi) is 51.6. The Balaban J connectivity index is 3.43. The van der Waals surface area contributed by atoms with Crippen LogP contribution in [-0.4, -0.2) is 47.4 Å². The molecule has 0 fully saturated rings. The van der Waals surface area contributed by atoms with Gasteiger partial charge in [0.2, 0.25) is 5.91 Å². The molecule has 0 aliphatic rings. The standard InChI is InChI=1S/C57H109NO5/c1-3-5-7-9-11-13-15-17-18-19-22-26-29-33-37-41-45-49-55(60)54(53-59)58-56(61)50-46-42-38-34-30-27-23-20-21-24-28-32-36-40-44-48-52-63-57(62)51-47-43-39-35-31-25-16-14-12-10-8-6-4-2/h8,10,14,16,54-55,59-60H,3-7,9,11-13,15,17-53H2,1-2H3,(H,58,61)/b10-8-,16-14-. The number of unbranched alkanes of at least 4 members (excludes halogenated alkanes) is 37. The lowest BCUT2D eigenvalue weighted by Crippen LogP contribution is -2.45. The van der Waals surface area contributed by atoms with Crippen molar-refractivity contribution >= 4 is 11.9 Å². The summed E-state index contributed by atoms with van der Waals surface area (Å²) in [5.74, 6) is -0.0524. The number of aliphatic hydroxyl groups is 2. The lowest BCUT2D eigenvalue weighted by molar-refractivity contribution is -0.143. The number of aliphatic hydroxyl groups excluding tert-OH is 2. The third-order valence-corrected chi connectivity index (χ3v) is 13.0. The van der Waals surface area contributed by atoms with Crippen molar-refractivity contribution in [2.75, 3.05) is 13.2 Å². The highest BCUT2D eigenvalue weighted by atomic mass is 16.5. The largest absolute Gasteiger partial charge is 0.466 e. The van der Waals surface area contributed by atoms with Crippen LogP contribution in [0.1, 0.15) is 303 Å². The molecule has 372 valence electrons. The van der Waals surface area contributed by atoms with Crippen molar-refractivity contribution in [3.05, 3.63) is 24.3 Å². The molecule has 0 radical (unpaired) electrons. The van der Waals surface area contributed by atoms with Gasteiger partial charge in [-0.2, -0.15) is 0 Å². The molecule has 0 spiro atoms. The average Bonchev–Trinajstić information content (AvgIpc) is 3.28. The predicted octanol–water partition coefficient (Wildman–Crippen LogP) is 17.1. The molecule has 1 amide bonds. The third-order valence-electron chi connectivity index (χ3n) is 13.0. The van der Waals surface area contributed by atoms with E-state index >= 15 is 0 Å². The van der Waals surface area contributed by atoms with Crippen molar-refractivity contribution in [2.45, 2.75) is 315 Å². The topological polar surface area (TPSA) is 95.9 Å². The van der Waals surface area contributed by atoms with E-state index in [9.17, 15) is 19.8 Å². The maximum Gasteiger partial charge on any atom is 0.305 e. The molecule has 6 heteroatoms. The van der Waals surface area contributed by atoms with Crippen molar-refractivity contribution in [3.63, 3.8) is 0 Å². The van der Waals surface area contributed by atoms with Gasteiger partial charge in [0.05, 0.1) is 25.4 Å². The molecule has 3 N–H and O–H groups in total. The van der Waals surface area contributed by atoms with Crippen LogP contribution in [0.2, 0.25) is 0 Å². The van der Waals surface area contributed by atoms with Gasteiger partial charge in [0.15, 0.2) is 0 Å². The van der Waals surface area contributed by atoms with Gasteiger partial charge in [0.25, 0.3) is 0 Å². The molecule has 0 rings (SSSR count). The van der Waals surface area contributed by atoms with E-state index in [4.69, 9.17) is 4.74 Å². The Bertz CT molecular complexity index is 982. The first-order chi connectivity index (χ1) is 31.0. The van der Waals surface area contributed by atoms with E-state index in [-0.39, 0.29) is 18.5 Å². The molecule has 0 aromatic heterocycles. The molecule has 6 nitrogen and oxygen atoms in total. The minimum atomic E-state index is -0.669. The van der Waals surface area contributed by atoms with Crippen LogP contribution in [0.3, 0.4) is 0 Å². The second-order valence-corrected chi connectivity index (χ2v) is 19.3.